The first kappa shape index (κ1) is 15.9. The van der Waals surface area contributed by atoms with Gasteiger partial charge in [0.05, 0.1) is 0 Å². The lowest BCUT2D eigenvalue weighted by Crippen LogP contribution is -2.14. The van der Waals surface area contributed by atoms with Crippen molar-refractivity contribution in [2.24, 2.45) is 0 Å². The fraction of sp³-hybridized carbons (Fsp3) is 0.278. The molecule has 0 unspecified atom stereocenters. The largest absolute Gasteiger partial charge is 0.481 e. The molecule has 0 atom stereocenters. The number of carbonyl (C=O) groups is 1. The minimum atomic E-state index is -0.838. The van der Waals surface area contributed by atoms with E-state index < -0.39 is 11.9 Å². The van der Waals surface area contributed by atoms with Gasteiger partial charge >= 0.3 is 5.97 Å². The summed E-state index contributed by atoms with van der Waals surface area (Å²) in [6.45, 7) is 0. The minimum absolute atomic E-state index is 0.646. The Bertz CT molecular complexity index is 580. The quantitative estimate of drug-likeness (QED) is 0.921. The summed E-state index contributed by atoms with van der Waals surface area (Å²) < 4.78 is 0. The van der Waals surface area contributed by atoms with Gasteiger partial charge in [-0.2, -0.15) is 0 Å². The highest BCUT2D eigenvalue weighted by Gasteiger charge is 2.22. The molecular formula is C18H22N2O2. The summed E-state index contributed by atoms with van der Waals surface area (Å²) in [5.74, 6) is -1.48. The SMILES string of the molecule is CN(C)c1ccc(C(C(=O)O)c2ccc(N(C)C)cc2)cc1. The third-order valence-corrected chi connectivity index (χ3v) is 3.73. The molecule has 2 rings (SSSR count). The Morgan fingerprint density at radius 3 is 1.32 bits per heavy atom. The Hall–Kier alpha value is -2.49. The van der Waals surface area contributed by atoms with Gasteiger partial charge in [-0.3, -0.25) is 4.79 Å². The zero-order chi connectivity index (χ0) is 16.3. The zero-order valence-corrected chi connectivity index (χ0v) is 13.4. The molecule has 0 amide bonds. The van der Waals surface area contributed by atoms with Crippen LogP contribution in [0.3, 0.4) is 0 Å². The number of anilines is 2. The van der Waals surface area contributed by atoms with Crippen molar-refractivity contribution in [3.63, 3.8) is 0 Å². The maximum absolute atomic E-state index is 11.7. The highest BCUT2D eigenvalue weighted by atomic mass is 16.4. The van der Waals surface area contributed by atoms with E-state index in [1.165, 1.54) is 0 Å². The number of hydrogen-bond acceptors (Lipinski definition) is 3. The van der Waals surface area contributed by atoms with Gasteiger partial charge in [0.2, 0.25) is 0 Å². The van der Waals surface area contributed by atoms with Crippen molar-refractivity contribution in [2.75, 3.05) is 38.0 Å². The first-order valence-corrected chi connectivity index (χ1v) is 7.17. The molecule has 0 aliphatic rings. The van der Waals surface area contributed by atoms with Gasteiger partial charge in [0.25, 0.3) is 0 Å². The molecule has 4 heteroatoms. The van der Waals surface area contributed by atoms with E-state index in [2.05, 4.69) is 0 Å². The molecule has 4 nitrogen and oxygen atoms in total. The molecule has 2 aromatic rings. The summed E-state index contributed by atoms with van der Waals surface area (Å²) in [6, 6.07) is 15.3. The lowest BCUT2D eigenvalue weighted by atomic mass is 9.91. The van der Waals surface area contributed by atoms with Crippen molar-refractivity contribution in [2.45, 2.75) is 5.92 Å². The van der Waals surface area contributed by atoms with Crippen molar-refractivity contribution in [1.82, 2.24) is 0 Å². The average molecular weight is 298 g/mol. The van der Waals surface area contributed by atoms with Crippen LogP contribution in [0.15, 0.2) is 48.5 Å². The first-order chi connectivity index (χ1) is 10.4. The van der Waals surface area contributed by atoms with Crippen LogP contribution < -0.4 is 9.80 Å². The molecule has 0 heterocycles. The first-order valence-electron chi connectivity index (χ1n) is 7.17. The van der Waals surface area contributed by atoms with Crippen LogP contribution in [0, 0.1) is 0 Å². The molecule has 0 aromatic heterocycles. The maximum Gasteiger partial charge on any atom is 0.315 e. The Morgan fingerprint density at radius 2 is 1.09 bits per heavy atom. The summed E-state index contributed by atoms with van der Waals surface area (Å²) >= 11 is 0. The van der Waals surface area contributed by atoms with E-state index >= 15 is 0 Å². The van der Waals surface area contributed by atoms with Gasteiger partial charge in [0, 0.05) is 39.6 Å². The van der Waals surface area contributed by atoms with Gasteiger partial charge in [0.1, 0.15) is 5.92 Å². The second-order valence-corrected chi connectivity index (χ2v) is 5.74. The van der Waals surface area contributed by atoms with Crippen molar-refractivity contribution in [3.05, 3.63) is 59.7 Å². The third kappa shape index (κ3) is 3.39. The molecule has 0 aliphatic heterocycles. The van der Waals surface area contributed by atoms with E-state index in [1.807, 2.05) is 86.5 Å². The molecule has 1 N–H and O–H groups in total. The van der Waals surface area contributed by atoms with Gasteiger partial charge in [-0.15, -0.1) is 0 Å². The topological polar surface area (TPSA) is 43.8 Å². The second kappa shape index (κ2) is 6.52. The molecule has 0 aliphatic carbocycles. The minimum Gasteiger partial charge on any atom is -0.481 e. The molecule has 0 radical (unpaired) electrons. The molecule has 22 heavy (non-hydrogen) atoms. The fourth-order valence-electron chi connectivity index (χ4n) is 2.41. The van der Waals surface area contributed by atoms with Crippen LogP contribution in [0.4, 0.5) is 11.4 Å². The number of carboxylic acids is 1. The molecular weight excluding hydrogens is 276 g/mol. The number of hydrogen-bond donors (Lipinski definition) is 1. The van der Waals surface area contributed by atoms with Crippen LogP contribution in [0.2, 0.25) is 0 Å². The van der Waals surface area contributed by atoms with Crippen molar-refractivity contribution >= 4 is 17.3 Å². The highest BCUT2D eigenvalue weighted by Crippen LogP contribution is 2.28. The molecule has 0 saturated carbocycles. The molecule has 0 saturated heterocycles. The van der Waals surface area contributed by atoms with Crippen LogP contribution in [0.25, 0.3) is 0 Å². The van der Waals surface area contributed by atoms with E-state index in [9.17, 15) is 9.90 Å². The summed E-state index contributed by atoms with van der Waals surface area (Å²) in [7, 11) is 7.85. The molecule has 116 valence electrons. The zero-order valence-electron chi connectivity index (χ0n) is 13.4. The van der Waals surface area contributed by atoms with Gasteiger partial charge in [0.15, 0.2) is 0 Å². The maximum atomic E-state index is 11.7. The predicted octanol–water partition coefficient (Wildman–Crippen LogP) is 3.04. The van der Waals surface area contributed by atoms with E-state index in [-0.39, 0.29) is 0 Å². The van der Waals surface area contributed by atoms with Crippen LogP contribution >= 0.6 is 0 Å². The van der Waals surface area contributed by atoms with Crippen molar-refractivity contribution in [3.8, 4) is 0 Å². The van der Waals surface area contributed by atoms with Crippen molar-refractivity contribution in [1.29, 1.82) is 0 Å². The summed E-state index contributed by atoms with van der Waals surface area (Å²) in [4.78, 5) is 15.7. The predicted molar refractivity (Wildman–Crippen MR) is 91.0 cm³/mol. The summed E-state index contributed by atoms with van der Waals surface area (Å²) in [6.07, 6.45) is 0. The van der Waals surface area contributed by atoms with Crippen LogP contribution in [0.5, 0.6) is 0 Å². The molecule has 0 bridgehead atoms. The lowest BCUT2D eigenvalue weighted by molar-refractivity contribution is -0.137. The third-order valence-electron chi connectivity index (χ3n) is 3.73. The number of nitrogens with zero attached hydrogens (tertiary/aromatic N) is 2. The number of rotatable bonds is 5. The van der Waals surface area contributed by atoms with Gasteiger partial charge in [-0.25, -0.2) is 0 Å². The van der Waals surface area contributed by atoms with Crippen molar-refractivity contribution < 1.29 is 9.90 Å². The van der Waals surface area contributed by atoms with E-state index in [1.54, 1.807) is 0 Å². The van der Waals surface area contributed by atoms with Crippen LogP contribution in [-0.4, -0.2) is 39.3 Å². The van der Waals surface area contributed by atoms with Gasteiger partial charge in [-0.1, -0.05) is 24.3 Å². The number of carboxylic acid groups (broad SMARTS) is 1. The Labute approximate surface area is 131 Å². The second-order valence-electron chi connectivity index (χ2n) is 5.74. The Kier molecular flexibility index (Phi) is 4.71. The number of aliphatic carboxylic acids is 1. The summed E-state index contributed by atoms with van der Waals surface area (Å²) in [5, 5.41) is 9.62. The summed E-state index contributed by atoms with van der Waals surface area (Å²) in [5.41, 5.74) is 3.68. The standard InChI is InChI=1S/C18H22N2O2/c1-19(2)15-9-5-13(6-10-15)17(18(21)22)14-7-11-16(12-8-14)20(3)4/h5-12,17H,1-4H3,(H,21,22). The van der Waals surface area contributed by atoms with Gasteiger partial charge in [-0.05, 0) is 35.4 Å². The molecule has 0 fully saturated rings. The normalized spacial score (nSPS) is 10.6. The Morgan fingerprint density at radius 1 is 0.773 bits per heavy atom. The highest BCUT2D eigenvalue weighted by molar-refractivity contribution is 5.80. The van der Waals surface area contributed by atoms with E-state index in [0.29, 0.717) is 0 Å². The number of benzene rings is 2. The van der Waals surface area contributed by atoms with Gasteiger partial charge < -0.3 is 14.9 Å². The van der Waals surface area contributed by atoms with E-state index in [0.717, 1.165) is 22.5 Å². The Balaban J connectivity index is 2.35. The van der Waals surface area contributed by atoms with Crippen LogP contribution in [0.1, 0.15) is 17.0 Å². The fourth-order valence-corrected chi connectivity index (χ4v) is 2.41. The van der Waals surface area contributed by atoms with E-state index in [4.69, 9.17) is 0 Å². The molecule has 2 aromatic carbocycles. The smallest absolute Gasteiger partial charge is 0.315 e. The monoisotopic (exact) mass is 298 g/mol. The average Bonchev–Trinajstić information content (AvgIpc) is 2.48. The van der Waals surface area contributed by atoms with Crippen LogP contribution in [-0.2, 0) is 4.79 Å². The lowest BCUT2D eigenvalue weighted by Gasteiger charge is -2.18. The molecule has 0 spiro atoms.